The zero-order chi connectivity index (χ0) is 17.1. The summed E-state index contributed by atoms with van der Waals surface area (Å²) in [6.07, 6.45) is 2.03. The summed E-state index contributed by atoms with van der Waals surface area (Å²) in [7, 11) is 1.47. The molecule has 1 aromatic carbocycles. The number of hydrogen-bond acceptors (Lipinski definition) is 5. The number of nitrogens with zero attached hydrogens (tertiary/aromatic N) is 1. The van der Waals surface area contributed by atoms with Crippen LogP contribution in [0, 0.1) is 11.7 Å². The van der Waals surface area contributed by atoms with E-state index < -0.39 is 0 Å². The molecule has 0 bridgehead atoms. The minimum atomic E-state index is -0.375. The number of hydrogen-bond donors (Lipinski definition) is 1. The number of benzene rings is 1. The molecule has 24 heavy (non-hydrogen) atoms. The molecule has 0 spiro atoms. The molecule has 3 rings (SSSR count). The van der Waals surface area contributed by atoms with Crippen LogP contribution in [0.5, 0.6) is 11.5 Å². The van der Waals surface area contributed by atoms with Crippen LogP contribution in [0.2, 0.25) is 0 Å². The Bertz CT molecular complexity index is 728. The summed E-state index contributed by atoms with van der Waals surface area (Å²) < 4.78 is 24.1. The van der Waals surface area contributed by atoms with Crippen LogP contribution in [-0.2, 0) is 11.2 Å². The van der Waals surface area contributed by atoms with Crippen molar-refractivity contribution in [3.63, 3.8) is 0 Å². The number of nitrogens with one attached hydrogen (secondary N) is 1. The van der Waals surface area contributed by atoms with Crippen molar-refractivity contribution in [1.29, 1.82) is 0 Å². The van der Waals surface area contributed by atoms with Crippen molar-refractivity contribution in [1.82, 2.24) is 4.98 Å². The van der Waals surface area contributed by atoms with E-state index >= 15 is 0 Å². The molecule has 1 saturated carbocycles. The highest BCUT2D eigenvalue weighted by molar-refractivity contribution is 7.13. The first-order valence-electron chi connectivity index (χ1n) is 7.84. The maximum Gasteiger partial charge on any atom is 0.229 e. The van der Waals surface area contributed by atoms with Crippen LogP contribution in [0.4, 0.5) is 9.52 Å². The van der Waals surface area contributed by atoms with Crippen LogP contribution in [0.1, 0.15) is 25.5 Å². The quantitative estimate of drug-likeness (QED) is 0.864. The van der Waals surface area contributed by atoms with E-state index in [4.69, 9.17) is 9.47 Å². The Balaban J connectivity index is 1.51. The van der Waals surface area contributed by atoms with Gasteiger partial charge in [0.1, 0.15) is 11.9 Å². The highest BCUT2D eigenvalue weighted by Crippen LogP contribution is 2.36. The first-order valence-corrected chi connectivity index (χ1v) is 8.72. The third kappa shape index (κ3) is 3.67. The van der Waals surface area contributed by atoms with E-state index in [0.717, 1.165) is 12.1 Å². The Labute approximate surface area is 143 Å². The maximum absolute atomic E-state index is 13.2. The third-order valence-corrected chi connectivity index (χ3v) is 4.84. The molecule has 1 N–H and O–H groups in total. The monoisotopic (exact) mass is 350 g/mol. The Kier molecular flexibility index (Phi) is 4.99. The number of rotatable bonds is 6. The van der Waals surface area contributed by atoms with E-state index in [0.29, 0.717) is 29.5 Å². The molecule has 2 aromatic rings. The maximum atomic E-state index is 13.2. The Morgan fingerprint density at radius 1 is 1.42 bits per heavy atom. The second-order valence-corrected chi connectivity index (χ2v) is 6.55. The van der Waals surface area contributed by atoms with E-state index in [1.807, 2.05) is 12.3 Å². The highest BCUT2D eigenvalue weighted by atomic mass is 32.1. The molecule has 128 valence electrons. The van der Waals surface area contributed by atoms with Gasteiger partial charge in [0.2, 0.25) is 5.91 Å². The first-order chi connectivity index (χ1) is 11.6. The molecule has 7 heteroatoms. The predicted molar refractivity (Wildman–Crippen MR) is 90.2 cm³/mol. The minimum Gasteiger partial charge on any atom is -0.493 e. The fraction of sp³-hybridized carbons (Fsp3) is 0.412. The molecular weight excluding hydrogens is 331 g/mol. The van der Waals surface area contributed by atoms with Gasteiger partial charge in [-0.1, -0.05) is 6.92 Å². The molecule has 1 aromatic heterocycles. The fourth-order valence-electron chi connectivity index (χ4n) is 2.53. The van der Waals surface area contributed by atoms with Crippen LogP contribution < -0.4 is 14.8 Å². The van der Waals surface area contributed by atoms with Gasteiger partial charge in [-0.2, -0.15) is 0 Å². The predicted octanol–water partition coefficient (Wildman–Crippen LogP) is 3.65. The number of aryl methyl sites for hydroxylation is 1. The van der Waals surface area contributed by atoms with E-state index in [1.165, 1.54) is 30.6 Å². The van der Waals surface area contributed by atoms with Gasteiger partial charge in [0.15, 0.2) is 16.6 Å². The lowest BCUT2D eigenvalue weighted by Gasteiger charge is -2.34. The average Bonchev–Trinajstić information content (AvgIpc) is 2.98. The van der Waals surface area contributed by atoms with Gasteiger partial charge in [-0.25, -0.2) is 9.37 Å². The minimum absolute atomic E-state index is 0.0297. The molecule has 0 aliphatic heterocycles. The van der Waals surface area contributed by atoms with Crippen LogP contribution in [0.3, 0.4) is 0 Å². The third-order valence-electron chi connectivity index (χ3n) is 4.03. The number of anilines is 1. The van der Waals surface area contributed by atoms with Crippen molar-refractivity contribution < 1.29 is 18.7 Å². The van der Waals surface area contributed by atoms with Crippen LogP contribution in [-0.4, -0.2) is 24.1 Å². The number of ether oxygens (including phenoxy) is 2. The average molecular weight is 350 g/mol. The molecule has 0 unspecified atom stereocenters. The van der Waals surface area contributed by atoms with E-state index in [1.54, 1.807) is 6.07 Å². The number of methoxy groups -OCH3 is 1. The Morgan fingerprint density at radius 2 is 2.21 bits per heavy atom. The van der Waals surface area contributed by atoms with Crippen molar-refractivity contribution >= 4 is 22.4 Å². The number of carbonyl (C=O) groups is 1. The zero-order valence-electron chi connectivity index (χ0n) is 13.5. The highest BCUT2D eigenvalue weighted by Gasteiger charge is 2.36. The Morgan fingerprint density at radius 3 is 2.88 bits per heavy atom. The molecule has 1 amide bonds. The van der Waals surface area contributed by atoms with Gasteiger partial charge in [-0.3, -0.25) is 4.79 Å². The summed E-state index contributed by atoms with van der Waals surface area (Å²) >= 11 is 1.44. The molecule has 5 nitrogen and oxygen atoms in total. The number of aromatic nitrogens is 1. The van der Waals surface area contributed by atoms with Crippen molar-refractivity contribution in [3.8, 4) is 11.5 Å². The van der Waals surface area contributed by atoms with Crippen molar-refractivity contribution in [2.45, 2.75) is 32.3 Å². The summed E-state index contributed by atoms with van der Waals surface area (Å²) in [6.45, 7) is 2.03. The molecular formula is C17H19FN2O3S. The lowest BCUT2D eigenvalue weighted by molar-refractivity contribution is -0.125. The van der Waals surface area contributed by atoms with Gasteiger partial charge in [0.05, 0.1) is 12.8 Å². The summed E-state index contributed by atoms with van der Waals surface area (Å²) in [5, 5.41) is 5.44. The van der Waals surface area contributed by atoms with Crippen molar-refractivity contribution in [2.24, 2.45) is 5.92 Å². The van der Waals surface area contributed by atoms with Gasteiger partial charge < -0.3 is 14.8 Å². The molecule has 1 heterocycles. The Hall–Kier alpha value is -2.15. The second kappa shape index (κ2) is 7.17. The summed E-state index contributed by atoms with van der Waals surface area (Å²) in [5.41, 5.74) is 0.980. The summed E-state index contributed by atoms with van der Waals surface area (Å²) in [4.78, 5) is 16.5. The molecule has 0 radical (unpaired) electrons. The zero-order valence-corrected chi connectivity index (χ0v) is 14.4. The van der Waals surface area contributed by atoms with Crippen molar-refractivity contribution in [3.05, 3.63) is 35.1 Å². The molecule has 0 atom stereocenters. The summed E-state index contributed by atoms with van der Waals surface area (Å²) in [5.74, 6) is 0.362. The topological polar surface area (TPSA) is 60.5 Å². The SMILES string of the molecule is CCc1csc(NC(=O)[C@H]2C[C@H](Oc3ccc(F)cc3OC)C2)n1. The van der Waals surface area contributed by atoms with Gasteiger partial charge in [-0.05, 0) is 31.4 Å². The van der Waals surface area contributed by atoms with Crippen LogP contribution >= 0.6 is 11.3 Å². The largest absolute Gasteiger partial charge is 0.493 e. The fourth-order valence-corrected chi connectivity index (χ4v) is 3.33. The summed E-state index contributed by atoms with van der Waals surface area (Å²) in [6, 6.07) is 4.16. The first kappa shape index (κ1) is 16.7. The normalized spacial score (nSPS) is 19.5. The number of thiazole rings is 1. The molecule has 1 fully saturated rings. The lowest BCUT2D eigenvalue weighted by Crippen LogP contribution is -2.40. The number of carbonyl (C=O) groups excluding carboxylic acids is 1. The standard InChI is InChI=1S/C17H19FN2O3S/c1-3-12-9-24-17(19-12)20-16(21)10-6-13(7-10)23-14-5-4-11(18)8-15(14)22-2/h4-5,8-10,13H,3,6-7H2,1-2H3,(H,19,20,21)/t10-,13-. The lowest BCUT2D eigenvalue weighted by atomic mass is 9.81. The number of amides is 1. The van der Waals surface area contributed by atoms with Crippen molar-refractivity contribution in [2.75, 3.05) is 12.4 Å². The van der Waals surface area contributed by atoms with Gasteiger partial charge in [0.25, 0.3) is 0 Å². The van der Waals surface area contributed by atoms with Gasteiger partial charge >= 0.3 is 0 Å². The number of halogens is 1. The smallest absolute Gasteiger partial charge is 0.229 e. The van der Waals surface area contributed by atoms with Gasteiger partial charge in [0, 0.05) is 17.4 Å². The molecule has 1 aliphatic carbocycles. The van der Waals surface area contributed by atoms with E-state index in [9.17, 15) is 9.18 Å². The van der Waals surface area contributed by atoms with E-state index in [-0.39, 0.29) is 23.7 Å². The second-order valence-electron chi connectivity index (χ2n) is 5.69. The molecule has 1 aliphatic rings. The van der Waals surface area contributed by atoms with Crippen LogP contribution in [0.25, 0.3) is 0 Å². The van der Waals surface area contributed by atoms with Crippen LogP contribution in [0.15, 0.2) is 23.6 Å². The van der Waals surface area contributed by atoms with E-state index in [2.05, 4.69) is 10.3 Å². The van der Waals surface area contributed by atoms with Gasteiger partial charge in [-0.15, -0.1) is 11.3 Å². The molecule has 0 saturated heterocycles.